The van der Waals surface area contributed by atoms with Crippen LogP contribution in [0.1, 0.15) is 15.9 Å². The van der Waals surface area contributed by atoms with Crippen LogP contribution in [0.4, 0.5) is 5.69 Å². The van der Waals surface area contributed by atoms with Crippen LogP contribution in [-0.4, -0.2) is 5.91 Å². The number of carbonyl (C=O) groups excluding carboxylic acids is 1. The standard InChI is InChI=1S/C20H16INO/c21-19-14-8-7-11-17(19)15-22(18-12-5-2-6-13-18)20(23)16-9-3-1-4-10-16/h1-14H,15H2. The number of halogens is 1. The molecule has 0 heterocycles. The third kappa shape index (κ3) is 3.79. The van der Waals surface area contributed by atoms with Crippen molar-refractivity contribution in [2.24, 2.45) is 0 Å². The van der Waals surface area contributed by atoms with Gasteiger partial charge in [0.2, 0.25) is 0 Å². The zero-order valence-corrected chi connectivity index (χ0v) is 14.7. The summed E-state index contributed by atoms with van der Waals surface area (Å²) in [7, 11) is 0. The number of amides is 1. The Hall–Kier alpha value is -2.14. The summed E-state index contributed by atoms with van der Waals surface area (Å²) in [6.07, 6.45) is 0. The van der Waals surface area contributed by atoms with Crippen molar-refractivity contribution in [2.45, 2.75) is 6.54 Å². The van der Waals surface area contributed by atoms with E-state index in [0.717, 1.165) is 14.8 Å². The van der Waals surface area contributed by atoms with Crippen molar-refractivity contribution in [3.05, 3.63) is 99.6 Å². The Morgan fingerprint density at radius 3 is 2.00 bits per heavy atom. The summed E-state index contributed by atoms with van der Waals surface area (Å²) >= 11 is 2.31. The average molecular weight is 413 g/mol. The quantitative estimate of drug-likeness (QED) is 0.543. The maximum atomic E-state index is 13.0. The van der Waals surface area contributed by atoms with Gasteiger partial charge in [0.15, 0.2) is 0 Å². The lowest BCUT2D eigenvalue weighted by Gasteiger charge is -2.23. The molecule has 0 saturated carbocycles. The van der Waals surface area contributed by atoms with Crippen LogP contribution in [-0.2, 0) is 6.54 Å². The molecule has 0 saturated heterocycles. The molecular formula is C20H16INO. The molecule has 3 rings (SSSR count). The molecule has 1 amide bonds. The second-order valence-corrected chi connectivity index (χ2v) is 6.35. The van der Waals surface area contributed by atoms with Gasteiger partial charge in [-0.25, -0.2) is 0 Å². The number of nitrogens with zero attached hydrogens (tertiary/aromatic N) is 1. The zero-order chi connectivity index (χ0) is 16.1. The van der Waals surface area contributed by atoms with Gasteiger partial charge in [-0.2, -0.15) is 0 Å². The van der Waals surface area contributed by atoms with Gasteiger partial charge in [-0.1, -0.05) is 54.6 Å². The lowest BCUT2D eigenvalue weighted by atomic mass is 10.1. The first-order chi connectivity index (χ1) is 11.3. The summed E-state index contributed by atoms with van der Waals surface area (Å²) in [5.41, 5.74) is 2.74. The molecule has 114 valence electrons. The number of hydrogen-bond acceptors (Lipinski definition) is 1. The Balaban J connectivity index is 1.98. The molecule has 0 fully saturated rings. The molecule has 0 aliphatic rings. The molecule has 2 nitrogen and oxygen atoms in total. The summed E-state index contributed by atoms with van der Waals surface area (Å²) in [6, 6.07) is 27.4. The van der Waals surface area contributed by atoms with Crippen molar-refractivity contribution in [1.82, 2.24) is 0 Å². The van der Waals surface area contributed by atoms with Crippen molar-refractivity contribution in [3.63, 3.8) is 0 Å². The Morgan fingerprint density at radius 1 is 0.783 bits per heavy atom. The van der Waals surface area contributed by atoms with Crippen LogP contribution in [0.15, 0.2) is 84.9 Å². The molecule has 0 atom stereocenters. The summed E-state index contributed by atoms with van der Waals surface area (Å²) < 4.78 is 1.16. The Bertz CT molecular complexity index is 787. The molecule has 3 heteroatoms. The minimum Gasteiger partial charge on any atom is -0.304 e. The van der Waals surface area contributed by atoms with Crippen LogP contribution >= 0.6 is 22.6 Å². The fraction of sp³-hybridized carbons (Fsp3) is 0.0500. The predicted molar refractivity (Wildman–Crippen MR) is 103 cm³/mol. The largest absolute Gasteiger partial charge is 0.304 e. The van der Waals surface area contributed by atoms with Crippen LogP contribution in [0.2, 0.25) is 0 Å². The molecule has 0 aromatic heterocycles. The molecule has 0 aliphatic carbocycles. The van der Waals surface area contributed by atoms with Crippen molar-refractivity contribution < 1.29 is 4.79 Å². The highest BCUT2D eigenvalue weighted by atomic mass is 127. The summed E-state index contributed by atoms with van der Waals surface area (Å²) in [6.45, 7) is 0.552. The molecule has 0 spiro atoms. The van der Waals surface area contributed by atoms with Gasteiger partial charge in [0.25, 0.3) is 5.91 Å². The number of hydrogen-bond donors (Lipinski definition) is 0. The van der Waals surface area contributed by atoms with Gasteiger partial charge in [0, 0.05) is 14.8 Å². The van der Waals surface area contributed by atoms with Crippen molar-refractivity contribution in [3.8, 4) is 0 Å². The third-order valence-electron chi connectivity index (χ3n) is 3.62. The van der Waals surface area contributed by atoms with Crippen LogP contribution in [0.5, 0.6) is 0 Å². The first-order valence-electron chi connectivity index (χ1n) is 7.41. The van der Waals surface area contributed by atoms with E-state index in [-0.39, 0.29) is 5.91 Å². The molecular weight excluding hydrogens is 397 g/mol. The van der Waals surface area contributed by atoms with Gasteiger partial charge in [-0.05, 0) is 58.5 Å². The summed E-state index contributed by atoms with van der Waals surface area (Å²) in [5.74, 6) is 0.0106. The van der Waals surface area contributed by atoms with Gasteiger partial charge in [-0.3, -0.25) is 4.79 Å². The average Bonchev–Trinajstić information content (AvgIpc) is 2.62. The van der Waals surface area contributed by atoms with Gasteiger partial charge in [0.05, 0.1) is 6.54 Å². The van der Waals surface area contributed by atoms with E-state index in [1.165, 1.54) is 0 Å². The number of anilines is 1. The molecule has 0 N–H and O–H groups in total. The minimum atomic E-state index is 0.0106. The van der Waals surface area contributed by atoms with E-state index in [2.05, 4.69) is 34.7 Å². The van der Waals surface area contributed by atoms with E-state index in [1.807, 2.05) is 77.7 Å². The summed E-state index contributed by atoms with van der Waals surface area (Å²) in [4.78, 5) is 14.8. The fourth-order valence-electron chi connectivity index (χ4n) is 2.42. The zero-order valence-electron chi connectivity index (χ0n) is 12.5. The van der Waals surface area contributed by atoms with Gasteiger partial charge in [-0.15, -0.1) is 0 Å². The summed E-state index contributed by atoms with van der Waals surface area (Å²) in [5, 5.41) is 0. The molecule has 0 radical (unpaired) electrons. The normalized spacial score (nSPS) is 10.3. The van der Waals surface area contributed by atoms with E-state index in [9.17, 15) is 4.79 Å². The molecule has 0 aliphatic heterocycles. The van der Waals surface area contributed by atoms with Gasteiger partial charge in [0.1, 0.15) is 0 Å². The molecule has 3 aromatic rings. The van der Waals surface area contributed by atoms with Crippen LogP contribution < -0.4 is 4.90 Å². The van der Waals surface area contributed by atoms with Crippen molar-refractivity contribution in [2.75, 3.05) is 4.90 Å². The van der Waals surface area contributed by atoms with Crippen LogP contribution in [0.25, 0.3) is 0 Å². The van der Waals surface area contributed by atoms with Crippen LogP contribution in [0.3, 0.4) is 0 Å². The Labute approximate surface area is 149 Å². The fourth-order valence-corrected chi connectivity index (χ4v) is 2.98. The third-order valence-corrected chi connectivity index (χ3v) is 4.67. The second kappa shape index (κ2) is 7.42. The SMILES string of the molecule is O=C(c1ccccc1)N(Cc1ccccc1I)c1ccccc1. The Kier molecular flexibility index (Phi) is 5.08. The van der Waals surface area contributed by atoms with E-state index in [4.69, 9.17) is 0 Å². The van der Waals surface area contributed by atoms with E-state index in [0.29, 0.717) is 12.1 Å². The highest BCUT2D eigenvalue weighted by Crippen LogP contribution is 2.22. The first kappa shape index (κ1) is 15.7. The first-order valence-corrected chi connectivity index (χ1v) is 8.49. The smallest absolute Gasteiger partial charge is 0.258 e. The number of rotatable bonds is 4. The van der Waals surface area contributed by atoms with Crippen LogP contribution in [0, 0.1) is 3.57 Å². The van der Waals surface area contributed by atoms with E-state index >= 15 is 0 Å². The second-order valence-electron chi connectivity index (χ2n) is 5.18. The molecule has 23 heavy (non-hydrogen) atoms. The van der Waals surface area contributed by atoms with Gasteiger partial charge >= 0.3 is 0 Å². The predicted octanol–water partition coefficient (Wildman–Crippen LogP) is 5.14. The topological polar surface area (TPSA) is 20.3 Å². The monoisotopic (exact) mass is 413 g/mol. The molecule has 3 aromatic carbocycles. The van der Waals surface area contributed by atoms with Crippen molar-refractivity contribution in [1.29, 1.82) is 0 Å². The van der Waals surface area contributed by atoms with Gasteiger partial charge < -0.3 is 4.90 Å². The van der Waals surface area contributed by atoms with E-state index < -0.39 is 0 Å². The van der Waals surface area contributed by atoms with Crippen molar-refractivity contribution >= 4 is 34.2 Å². The number of benzene rings is 3. The molecule has 0 unspecified atom stereocenters. The van der Waals surface area contributed by atoms with E-state index in [1.54, 1.807) is 0 Å². The highest BCUT2D eigenvalue weighted by Gasteiger charge is 2.18. The number of para-hydroxylation sites is 1. The lowest BCUT2D eigenvalue weighted by Crippen LogP contribution is -2.30. The lowest BCUT2D eigenvalue weighted by molar-refractivity contribution is 0.0985. The Morgan fingerprint density at radius 2 is 1.35 bits per heavy atom. The maximum Gasteiger partial charge on any atom is 0.258 e. The number of carbonyl (C=O) groups is 1. The minimum absolute atomic E-state index is 0.0106. The molecule has 0 bridgehead atoms. The maximum absolute atomic E-state index is 13.0. The highest BCUT2D eigenvalue weighted by molar-refractivity contribution is 14.1.